The predicted octanol–water partition coefficient (Wildman–Crippen LogP) is 2.38. The summed E-state index contributed by atoms with van der Waals surface area (Å²) in [6.45, 7) is 6.05. The highest BCUT2D eigenvalue weighted by Gasteiger charge is 2.53. The zero-order chi connectivity index (χ0) is 18.6. The van der Waals surface area contributed by atoms with Crippen LogP contribution in [-0.4, -0.2) is 61.5 Å². The second-order valence-electron chi connectivity index (χ2n) is 7.40. The van der Waals surface area contributed by atoms with Gasteiger partial charge in [-0.25, -0.2) is 0 Å². The molecule has 1 aromatic carbocycles. The second kappa shape index (κ2) is 8.31. The van der Waals surface area contributed by atoms with Crippen LogP contribution in [0.2, 0.25) is 0 Å². The predicted molar refractivity (Wildman–Crippen MR) is 101 cm³/mol. The zero-order valence-corrected chi connectivity index (χ0v) is 16.0. The molecule has 26 heavy (non-hydrogen) atoms. The van der Waals surface area contributed by atoms with Crippen LogP contribution in [0, 0.1) is 0 Å². The van der Waals surface area contributed by atoms with Crippen molar-refractivity contribution in [3.05, 3.63) is 35.4 Å². The maximum atomic E-state index is 13.2. The molecule has 1 spiro atoms. The van der Waals surface area contributed by atoms with Gasteiger partial charge in [-0.15, -0.1) is 0 Å². The smallest absolute Gasteiger partial charge is 0.240 e. The summed E-state index contributed by atoms with van der Waals surface area (Å²) in [5.74, 6) is 0.0150. The summed E-state index contributed by atoms with van der Waals surface area (Å²) < 4.78 is 5.14. The number of imide groups is 1. The van der Waals surface area contributed by atoms with Gasteiger partial charge in [0.05, 0.1) is 12.0 Å². The van der Waals surface area contributed by atoms with E-state index in [0.29, 0.717) is 19.6 Å². The molecule has 1 atom stereocenters. The molecule has 2 aliphatic rings. The van der Waals surface area contributed by atoms with Gasteiger partial charge in [0.15, 0.2) is 0 Å². The monoisotopic (exact) mass is 358 g/mol. The molecule has 1 heterocycles. The lowest BCUT2D eigenvalue weighted by atomic mass is 9.69. The number of carbonyl (C=O) groups is 2. The first kappa shape index (κ1) is 19.1. The number of hydrogen-bond acceptors (Lipinski definition) is 4. The standard InChI is InChI=1S/C21H30N2O3/c1-3-22(14-15-26-2)12-7-13-23-19(24)16-21(20(23)25)11-6-9-17-8-4-5-10-18(17)21/h4-5,8,10H,3,6-7,9,11-16H2,1-2H3. The van der Waals surface area contributed by atoms with Crippen LogP contribution < -0.4 is 0 Å². The summed E-state index contributed by atoms with van der Waals surface area (Å²) in [5, 5.41) is 0. The molecule has 0 aromatic heterocycles. The largest absolute Gasteiger partial charge is 0.383 e. The van der Waals surface area contributed by atoms with Gasteiger partial charge in [0.2, 0.25) is 11.8 Å². The van der Waals surface area contributed by atoms with Crippen LogP contribution in [0.4, 0.5) is 0 Å². The summed E-state index contributed by atoms with van der Waals surface area (Å²) in [4.78, 5) is 29.7. The highest BCUT2D eigenvalue weighted by atomic mass is 16.5. The number of amides is 2. The Morgan fingerprint density at radius 1 is 1.23 bits per heavy atom. The molecule has 0 N–H and O–H groups in total. The molecular formula is C21H30N2O3. The number of ether oxygens (including phenoxy) is 1. The third kappa shape index (κ3) is 3.55. The topological polar surface area (TPSA) is 49.9 Å². The minimum absolute atomic E-state index is 0.00774. The molecule has 0 bridgehead atoms. The molecule has 1 unspecified atom stereocenters. The molecule has 1 saturated heterocycles. The van der Waals surface area contributed by atoms with Crippen molar-refractivity contribution in [1.29, 1.82) is 0 Å². The van der Waals surface area contributed by atoms with Crippen molar-refractivity contribution in [3.63, 3.8) is 0 Å². The average molecular weight is 358 g/mol. The number of benzene rings is 1. The highest BCUT2D eigenvalue weighted by Crippen LogP contribution is 2.45. The van der Waals surface area contributed by atoms with Crippen LogP contribution in [-0.2, 0) is 26.2 Å². The Bertz CT molecular complexity index is 660. The summed E-state index contributed by atoms with van der Waals surface area (Å²) in [6, 6.07) is 8.16. The Hall–Kier alpha value is -1.72. The number of nitrogens with zero attached hydrogens (tertiary/aromatic N) is 2. The minimum atomic E-state index is -0.605. The van der Waals surface area contributed by atoms with E-state index in [2.05, 4.69) is 17.9 Å². The van der Waals surface area contributed by atoms with Crippen LogP contribution in [0.15, 0.2) is 24.3 Å². The van der Waals surface area contributed by atoms with E-state index >= 15 is 0 Å². The normalized spacial score (nSPS) is 22.5. The lowest BCUT2D eigenvalue weighted by molar-refractivity contribution is -0.140. The number of likely N-dealkylation sites (tertiary alicyclic amines) is 1. The molecule has 2 amide bonds. The molecule has 0 radical (unpaired) electrons. The van der Waals surface area contributed by atoms with Gasteiger partial charge in [0.25, 0.3) is 0 Å². The number of aryl methyl sites for hydroxylation is 1. The minimum Gasteiger partial charge on any atom is -0.383 e. The summed E-state index contributed by atoms with van der Waals surface area (Å²) in [5.41, 5.74) is 1.72. The Morgan fingerprint density at radius 3 is 2.81 bits per heavy atom. The van der Waals surface area contributed by atoms with Gasteiger partial charge in [0.1, 0.15) is 0 Å². The fourth-order valence-electron chi connectivity index (χ4n) is 4.45. The highest BCUT2D eigenvalue weighted by molar-refractivity contribution is 6.09. The van der Waals surface area contributed by atoms with Gasteiger partial charge in [-0.3, -0.25) is 14.5 Å². The van der Waals surface area contributed by atoms with E-state index in [1.54, 1.807) is 7.11 Å². The van der Waals surface area contributed by atoms with Gasteiger partial charge >= 0.3 is 0 Å². The van der Waals surface area contributed by atoms with E-state index in [0.717, 1.165) is 50.9 Å². The molecule has 1 aliphatic carbocycles. The maximum Gasteiger partial charge on any atom is 0.240 e. The molecule has 142 valence electrons. The number of hydrogen-bond donors (Lipinski definition) is 0. The molecule has 5 nitrogen and oxygen atoms in total. The SMILES string of the molecule is CCN(CCCN1C(=O)CC2(CCCc3ccccc32)C1=O)CCOC. The fourth-order valence-corrected chi connectivity index (χ4v) is 4.45. The van der Waals surface area contributed by atoms with Gasteiger partial charge < -0.3 is 9.64 Å². The van der Waals surface area contributed by atoms with Gasteiger partial charge in [-0.2, -0.15) is 0 Å². The molecule has 5 heteroatoms. The lowest BCUT2D eigenvalue weighted by Crippen LogP contribution is -2.41. The Morgan fingerprint density at radius 2 is 2.04 bits per heavy atom. The van der Waals surface area contributed by atoms with Gasteiger partial charge in [-0.1, -0.05) is 31.2 Å². The maximum absolute atomic E-state index is 13.2. The van der Waals surface area contributed by atoms with Crippen molar-refractivity contribution in [3.8, 4) is 0 Å². The fraction of sp³-hybridized carbons (Fsp3) is 0.619. The van der Waals surface area contributed by atoms with E-state index in [1.807, 2.05) is 18.2 Å². The summed E-state index contributed by atoms with van der Waals surface area (Å²) >= 11 is 0. The van der Waals surface area contributed by atoms with Crippen molar-refractivity contribution in [2.75, 3.05) is 39.9 Å². The first-order valence-corrected chi connectivity index (χ1v) is 9.77. The molecule has 1 aromatic rings. The van der Waals surface area contributed by atoms with Crippen LogP contribution in [0.5, 0.6) is 0 Å². The second-order valence-corrected chi connectivity index (χ2v) is 7.40. The van der Waals surface area contributed by atoms with Crippen LogP contribution >= 0.6 is 0 Å². The molecule has 1 fully saturated rings. The van der Waals surface area contributed by atoms with Gasteiger partial charge in [0, 0.05) is 26.6 Å². The van der Waals surface area contributed by atoms with Crippen molar-refractivity contribution in [2.24, 2.45) is 0 Å². The summed E-state index contributed by atoms with van der Waals surface area (Å²) in [7, 11) is 1.71. The van der Waals surface area contributed by atoms with Crippen molar-refractivity contribution >= 4 is 11.8 Å². The number of rotatable bonds is 8. The Labute approximate surface area is 156 Å². The van der Waals surface area contributed by atoms with Crippen molar-refractivity contribution < 1.29 is 14.3 Å². The van der Waals surface area contributed by atoms with E-state index in [9.17, 15) is 9.59 Å². The van der Waals surface area contributed by atoms with E-state index in [-0.39, 0.29) is 11.8 Å². The number of fused-ring (bicyclic) bond motifs is 2. The third-order valence-corrected chi connectivity index (χ3v) is 5.91. The van der Waals surface area contributed by atoms with Crippen LogP contribution in [0.1, 0.15) is 43.7 Å². The van der Waals surface area contributed by atoms with E-state index in [4.69, 9.17) is 4.74 Å². The average Bonchev–Trinajstić information content (AvgIpc) is 2.89. The molecular weight excluding hydrogens is 328 g/mol. The number of likely N-dealkylation sites (N-methyl/N-ethyl adjacent to an activating group) is 1. The zero-order valence-electron chi connectivity index (χ0n) is 16.0. The van der Waals surface area contributed by atoms with Crippen LogP contribution in [0.3, 0.4) is 0 Å². The first-order chi connectivity index (χ1) is 12.6. The van der Waals surface area contributed by atoms with Crippen LogP contribution in [0.25, 0.3) is 0 Å². The Balaban J connectivity index is 1.67. The molecule has 0 saturated carbocycles. The molecule has 3 rings (SSSR count). The van der Waals surface area contributed by atoms with Gasteiger partial charge in [-0.05, 0) is 49.9 Å². The van der Waals surface area contributed by atoms with E-state index < -0.39 is 5.41 Å². The third-order valence-electron chi connectivity index (χ3n) is 5.91. The quantitative estimate of drug-likeness (QED) is 0.670. The van der Waals surface area contributed by atoms with E-state index in [1.165, 1.54) is 10.5 Å². The lowest BCUT2D eigenvalue weighted by Gasteiger charge is -2.33. The summed E-state index contributed by atoms with van der Waals surface area (Å²) in [6.07, 6.45) is 3.92. The van der Waals surface area contributed by atoms with Crippen molar-refractivity contribution in [2.45, 2.75) is 44.4 Å². The Kier molecular flexibility index (Phi) is 6.09. The first-order valence-electron chi connectivity index (χ1n) is 9.77. The number of carbonyl (C=O) groups excluding carboxylic acids is 2. The number of methoxy groups -OCH3 is 1. The molecule has 1 aliphatic heterocycles. The van der Waals surface area contributed by atoms with Crippen molar-refractivity contribution in [1.82, 2.24) is 9.80 Å².